The van der Waals surface area contributed by atoms with Crippen LogP contribution in [0.2, 0.25) is 0 Å². The fourth-order valence-electron chi connectivity index (χ4n) is 3.77. The molecule has 0 saturated carbocycles. The summed E-state index contributed by atoms with van der Waals surface area (Å²) in [6, 6.07) is 4.16. The Morgan fingerprint density at radius 2 is 2.50 bits per heavy atom. The number of hydrogen-bond acceptors (Lipinski definition) is 4. The van der Waals surface area contributed by atoms with Crippen LogP contribution in [0.4, 0.5) is 0 Å². The van der Waals surface area contributed by atoms with Crippen molar-refractivity contribution in [2.45, 2.75) is 31.9 Å². The maximum atomic E-state index is 6.02. The molecule has 0 aliphatic carbocycles. The fraction of sp³-hybridized carbons (Fsp3) is 0.688. The minimum absolute atomic E-state index is 0.188. The van der Waals surface area contributed by atoms with Gasteiger partial charge in [-0.2, -0.15) is 0 Å². The van der Waals surface area contributed by atoms with Gasteiger partial charge >= 0.3 is 0 Å². The number of piperidine rings is 1. The number of hydrogen-bond donors (Lipinski definition) is 0. The van der Waals surface area contributed by atoms with Gasteiger partial charge in [0, 0.05) is 51.2 Å². The third kappa shape index (κ3) is 2.87. The number of fused-ring (bicyclic) bond motifs is 1. The monoisotopic (exact) mass is 276 g/mol. The van der Waals surface area contributed by atoms with Crippen LogP contribution in [0.15, 0.2) is 24.5 Å². The highest BCUT2D eigenvalue weighted by atomic mass is 16.5. The Kier molecular flexibility index (Phi) is 4.34. The molecule has 1 aromatic heterocycles. The Balaban J connectivity index is 1.70. The summed E-state index contributed by atoms with van der Waals surface area (Å²) in [5.74, 6) is 0. The van der Waals surface area contributed by atoms with Gasteiger partial charge < -0.3 is 9.47 Å². The lowest BCUT2D eigenvalue weighted by atomic mass is 9.73. The van der Waals surface area contributed by atoms with E-state index in [1.165, 1.54) is 12.0 Å². The summed E-state index contributed by atoms with van der Waals surface area (Å²) in [4.78, 5) is 6.74. The average Bonchev–Trinajstić information content (AvgIpc) is 2.48. The van der Waals surface area contributed by atoms with Gasteiger partial charge in [-0.1, -0.05) is 6.07 Å². The first-order valence-corrected chi connectivity index (χ1v) is 7.54. The molecule has 0 bridgehead atoms. The van der Waals surface area contributed by atoms with Crippen LogP contribution in [0, 0.1) is 5.41 Å². The Morgan fingerprint density at radius 3 is 3.30 bits per heavy atom. The van der Waals surface area contributed by atoms with Crippen LogP contribution in [0.25, 0.3) is 0 Å². The smallest absolute Gasteiger partial charge is 0.0677 e. The van der Waals surface area contributed by atoms with Crippen LogP contribution in [-0.4, -0.2) is 49.4 Å². The lowest BCUT2D eigenvalue weighted by Crippen LogP contribution is -2.56. The van der Waals surface area contributed by atoms with E-state index in [9.17, 15) is 0 Å². The number of nitrogens with zero attached hydrogens (tertiary/aromatic N) is 2. The minimum Gasteiger partial charge on any atom is -0.384 e. The molecule has 2 saturated heterocycles. The van der Waals surface area contributed by atoms with Gasteiger partial charge in [-0.3, -0.25) is 9.88 Å². The predicted molar refractivity (Wildman–Crippen MR) is 77.4 cm³/mol. The van der Waals surface area contributed by atoms with Crippen molar-refractivity contribution in [3.8, 4) is 0 Å². The van der Waals surface area contributed by atoms with Crippen molar-refractivity contribution in [2.75, 3.05) is 33.4 Å². The summed E-state index contributed by atoms with van der Waals surface area (Å²) in [5, 5.41) is 0. The zero-order valence-corrected chi connectivity index (χ0v) is 12.3. The predicted octanol–water partition coefficient (Wildman–Crippen LogP) is 2.10. The van der Waals surface area contributed by atoms with Crippen LogP contribution < -0.4 is 0 Å². The van der Waals surface area contributed by atoms with Gasteiger partial charge in [0.1, 0.15) is 0 Å². The van der Waals surface area contributed by atoms with Crippen LogP contribution in [-0.2, 0) is 16.0 Å². The zero-order chi connectivity index (χ0) is 13.8. The lowest BCUT2D eigenvalue weighted by Gasteiger charge is -2.50. The first kappa shape index (κ1) is 14.0. The van der Waals surface area contributed by atoms with E-state index in [4.69, 9.17) is 9.47 Å². The average molecular weight is 276 g/mol. The topological polar surface area (TPSA) is 34.6 Å². The molecule has 2 unspecified atom stereocenters. The van der Waals surface area contributed by atoms with E-state index in [0.29, 0.717) is 6.10 Å². The third-order valence-electron chi connectivity index (χ3n) is 4.63. The Bertz CT molecular complexity index is 422. The molecule has 110 valence electrons. The molecule has 2 aliphatic heterocycles. The van der Waals surface area contributed by atoms with Crippen LogP contribution in [0.5, 0.6) is 0 Å². The van der Waals surface area contributed by atoms with Gasteiger partial charge in [0.25, 0.3) is 0 Å². The quantitative estimate of drug-likeness (QED) is 0.843. The minimum atomic E-state index is 0.188. The van der Waals surface area contributed by atoms with Crippen molar-refractivity contribution in [3.05, 3.63) is 30.1 Å². The standard InChI is InChI=1S/C16H24N2O2/c1-19-13-16-6-3-9-20-15(16)5-8-18(12-16)11-14-4-2-7-17-10-14/h2,4,7,10,15H,3,5-6,8-9,11-13H2,1H3. The van der Waals surface area contributed by atoms with E-state index >= 15 is 0 Å². The number of rotatable bonds is 4. The van der Waals surface area contributed by atoms with Gasteiger partial charge in [0.15, 0.2) is 0 Å². The molecular formula is C16H24N2O2. The Morgan fingerprint density at radius 1 is 1.55 bits per heavy atom. The van der Waals surface area contributed by atoms with E-state index in [1.54, 1.807) is 7.11 Å². The third-order valence-corrected chi connectivity index (χ3v) is 4.63. The van der Waals surface area contributed by atoms with Crippen molar-refractivity contribution in [1.82, 2.24) is 9.88 Å². The Hall–Kier alpha value is -0.970. The van der Waals surface area contributed by atoms with Gasteiger partial charge in [-0.25, -0.2) is 0 Å². The normalized spacial score (nSPS) is 30.9. The van der Waals surface area contributed by atoms with Crippen molar-refractivity contribution < 1.29 is 9.47 Å². The first-order chi connectivity index (χ1) is 9.82. The molecule has 4 nitrogen and oxygen atoms in total. The van der Waals surface area contributed by atoms with Crippen molar-refractivity contribution in [2.24, 2.45) is 5.41 Å². The molecule has 0 spiro atoms. The molecule has 0 amide bonds. The molecular weight excluding hydrogens is 252 g/mol. The molecule has 0 radical (unpaired) electrons. The number of likely N-dealkylation sites (tertiary alicyclic amines) is 1. The van der Waals surface area contributed by atoms with E-state index in [0.717, 1.165) is 45.7 Å². The SMILES string of the molecule is COCC12CCCOC1CCN(Cc1cccnc1)C2. The molecule has 3 heterocycles. The van der Waals surface area contributed by atoms with E-state index in [1.807, 2.05) is 18.5 Å². The summed E-state index contributed by atoms with van der Waals surface area (Å²) in [5.41, 5.74) is 1.48. The van der Waals surface area contributed by atoms with Gasteiger partial charge in [0.05, 0.1) is 12.7 Å². The highest BCUT2D eigenvalue weighted by Gasteiger charge is 2.45. The summed E-state index contributed by atoms with van der Waals surface area (Å²) in [6.45, 7) is 4.87. The molecule has 4 heteroatoms. The fourth-order valence-corrected chi connectivity index (χ4v) is 3.77. The lowest BCUT2D eigenvalue weighted by molar-refractivity contribution is -0.149. The zero-order valence-electron chi connectivity index (χ0n) is 12.3. The second-order valence-electron chi connectivity index (χ2n) is 6.12. The highest BCUT2D eigenvalue weighted by molar-refractivity contribution is 5.09. The van der Waals surface area contributed by atoms with E-state index < -0.39 is 0 Å². The van der Waals surface area contributed by atoms with Crippen LogP contribution >= 0.6 is 0 Å². The largest absolute Gasteiger partial charge is 0.384 e. The maximum Gasteiger partial charge on any atom is 0.0677 e. The number of ether oxygens (including phenoxy) is 2. The summed E-state index contributed by atoms with van der Waals surface area (Å²) in [6.07, 6.45) is 7.66. The van der Waals surface area contributed by atoms with Crippen molar-refractivity contribution >= 4 is 0 Å². The molecule has 0 N–H and O–H groups in total. The summed E-state index contributed by atoms with van der Waals surface area (Å²) in [7, 11) is 1.81. The highest BCUT2D eigenvalue weighted by Crippen LogP contribution is 2.40. The van der Waals surface area contributed by atoms with Crippen LogP contribution in [0.1, 0.15) is 24.8 Å². The van der Waals surface area contributed by atoms with Crippen LogP contribution in [0.3, 0.4) is 0 Å². The molecule has 20 heavy (non-hydrogen) atoms. The summed E-state index contributed by atoms with van der Waals surface area (Å²) >= 11 is 0. The second kappa shape index (κ2) is 6.20. The number of pyridine rings is 1. The van der Waals surface area contributed by atoms with Gasteiger partial charge in [-0.15, -0.1) is 0 Å². The van der Waals surface area contributed by atoms with Crippen molar-refractivity contribution in [1.29, 1.82) is 0 Å². The first-order valence-electron chi connectivity index (χ1n) is 7.54. The molecule has 3 rings (SSSR count). The molecule has 1 aromatic rings. The number of aromatic nitrogens is 1. The van der Waals surface area contributed by atoms with E-state index in [2.05, 4.69) is 16.0 Å². The van der Waals surface area contributed by atoms with Gasteiger partial charge in [0.2, 0.25) is 0 Å². The Labute approximate surface area is 121 Å². The molecule has 2 aliphatic rings. The summed E-state index contributed by atoms with van der Waals surface area (Å²) < 4.78 is 11.5. The van der Waals surface area contributed by atoms with E-state index in [-0.39, 0.29) is 5.41 Å². The molecule has 2 atom stereocenters. The second-order valence-corrected chi connectivity index (χ2v) is 6.12. The molecule has 0 aromatic carbocycles. The molecule has 2 fully saturated rings. The van der Waals surface area contributed by atoms with Crippen molar-refractivity contribution in [3.63, 3.8) is 0 Å². The maximum absolute atomic E-state index is 6.02. The number of methoxy groups -OCH3 is 1. The van der Waals surface area contributed by atoms with Gasteiger partial charge in [-0.05, 0) is 30.9 Å².